The second-order valence-corrected chi connectivity index (χ2v) is 7.83. The molecule has 1 heterocycles. The van der Waals surface area contributed by atoms with Crippen molar-refractivity contribution in [3.63, 3.8) is 0 Å². The van der Waals surface area contributed by atoms with E-state index in [1.165, 1.54) is 30.0 Å². The quantitative estimate of drug-likeness (QED) is 0.522. The minimum absolute atomic E-state index is 0.0125. The van der Waals surface area contributed by atoms with Crippen molar-refractivity contribution in [1.29, 1.82) is 0 Å². The van der Waals surface area contributed by atoms with Gasteiger partial charge in [-0.2, -0.15) is 13.2 Å². The Morgan fingerprint density at radius 1 is 1.29 bits per heavy atom. The summed E-state index contributed by atoms with van der Waals surface area (Å²) in [5, 5.41) is 2.45. The van der Waals surface area contributed by atoms with Gasteiger partial charge in [0, 0.05) is 16.2 Å². The van der Waals surface area contributed by atoms with Crippen molar-refractivity contribution in [3.8, 4) is 5.88 Å². The van der Waals surface area contributed by atoms with E-state index < -0.39 is 17.6 Å². The summed E-state index contributed by atoms with van der Waals surface area (Å²) in [6, 6.07) is 6.72. The highest BCUT2D eigenvalue weighted by Gasteiger charge is 2.34. The molecule has 152 valence electrons. The van der Waals surface area contributed by atoms with Gasteiger partial charge < -0.3 is 10.1 Å². The standard InChI is InChI=1S/C19H20ClF3N2O2S/c1-4-11(3)28-12-6-8-15(13(10-12)19(21,22)23)24-18(26)17-14(20)7-9-16(25-17)27-5-2/h6-11H,4-5H2,1-3H3,(H,24,26). The van der Waals surface area contributed by atoms with Gasteiger partial charge in [0.2, 0.25) is 5.88 Å². The first-order valence-electron chi connectivity index (χ1n) is 8.64. The van der Waals surface area contributed by atoms with Crippen LogP contribution in [0.4, 0.5) is 18.9 Å². The van der Waals surface area contributed by atoms with E-state index in [9.17, 15) is 18.0 Å². The number of nitrogens with zero attached hydrogens (tertiary/aromatic N) is 1. The Hall–Kier alpha value is -1.93. The van der Waals surface area contributed by atoms with E-state index in [-0.39, 0.29) is 27.5 Å². The van der Waals surface area contributed by atoms with Crippen molar-refractivity contribution in [2.75, 3.05) is 11.9 Å². The Labute approximate surface area is 170 Å². The molecule has 28 heavy (non-hydrogen) atoms. The van der Waals surface area contributed by atoms with Crippen LogP contribution in [0.25, 0.3) is 0 Å². The number of benzene rings is 1. The van der Waals surface area contributed by atoms with Gasteiger partial charge in [0.1, 0.15) is 0 Å². The van der Waals surface area contributed by atoms with Crippen LogP contribution in [0.15, 0.2) is 35.2 Å². The Morgan fingerprint density at radius 2 is 2.00 bits per heavy atom. The second-order valence-electron chi connectivity index (χ2n) is 5.91. The number of nitrogens with one attached hydrogen (secondary N) is 1. The molecule has 1 unspecified atom stereocenters. The lowest BCUT2D eigenvalue weighted by Gasteiger charge is -2.16. The topological polar surface area (TPSA) is 51.2 Å². The van der Waals surface area contributed by atoms with E-state index in [4.69, 9.17) is 16.3 Å². The summed E-state index contributed by atoms with van der Waals surface area (Å²) in [7, 11) is 0. The SMILES string of the molecule is CCOc1ccc(Cl)c(C(=O)Nc2ccc(SC(C)CC)cc2C(F)(F)F)n1. The van der Waals surface area contributed by atoms with Gasteiger partial charge in [0.25, 0.3) is 5.91 Å². The molecular formula is C19H20ClF3N2O2S. The van der Waals surface area contributed by atoms with Crippen molar-refractivity contribution >= 4 is 35.0 Å². The fourth-order valence-electron chi connectivity index (χ4n) is 2.25. The summed E-state index contributed by atoms with van der Waals surface area (Å²) in [6.07, 6.45) is -3.80. The van der Waals surface area contributed by atoms with Gasteiger partial charge in [0.15, 0.2) is 5.69 Å². The molecule has 0 aliphatic heterocycles. The van der Waals surface area contributed by atoms with Crippen LogP contribution in [0, 0.1) is 0 Å². The van der Waals surface area contributed by atoms with E-state index in [0.717, 1.165) is 12.5 Å². The number of carbonyl (C=O) groups excluding carboxylic acids is 1. The van der Waals surface area contributed by atoms with Crippen LogP contribution in [0.1, 0.15) is 43.2 Å². The van der Waals surface area contributed by atoms with Crippen LogP contribution < -0.4 is 10.1 Å². The summed E-state index contributed by atoms with van der Waals surface area (Å²) in [6.45, 7) is 5.96. The summed E-state index contributed by atoms with van der Waals surface area (Å²) < 4.78 is 45.8. The van der Waals surface area contributed by atoms with Gasteiger partial charge in [-0.3, -0.25) is 4.79 Å². The number of pyridine rings is 1. The van der Waals surface area contributed by atoms with E-state index >= 15 is 0 Å². The van der Waals surface area contributed by atoms with Crippen LogP contribution in [0.5, 0.6) is 5.88 Å². The molecule has 0 saturated heterocycles. The van der Waals surface area contributed by atoms with E-state index in [1.807, 2.05) is 13.8 Å². The Balaban J connectivity index is 2.34. The molecule has 0 saturated carbocycles. The number of halogens is 4. The molecule has 2 aromatic rings. The largest absolute Gasteiger partial charge is 0.478 e. The number of thioether (sulfide) groups is 1. The number of amides is 1. The third-order valence-electron chi connectivity index (χ3n) is 3.78. The van der Waals surface area contributed by atoms with Gasteiger partial charge in [-0.15, -0.1) is 11.8 Å². The summed E-state index contributed by atoms with van der Waals surface area (Å²) in [5.74, 6) is -0.687. The monoisotopic (exact) mass is 432 g/mol. The fraction of sp³-hybridized carbons (Fsp3) is 0.368. The molecular weight excluding hydrogens is 413 g/mol. The molecule has 4 nitrogen and oxygen atoms in total. The number of hydrogen-bond acceptors (Lipinski definition) is 4. The van der Waals surface area contributed by atoms with Gasteiger partial charge in [-0.25, -0.2) is 4.98 Å². The van der Waals surface area contributed by atoms with Crippen LogP contribution >= 0.6 is 23.4 Å². The molecule has 1 aromatic heterocycles. The first-order chi connectivity index (χ1) is 13.2. The van der Waals surface area contributed by atoms with Gasteiger partial charge in [0.05, 0.1) is 22.9 Å². The van der Waals surface area contributed by atoms with E-state index in [2.05, 4.69) is 10.3 Å². The van der Waals surface area contributed by atoms with Crippen molar-refractivity contribution < 1.29 is 22.7 Å². The third-order valence-corrected chi connectivity index (χ3v) is 5.35. The lowest BCUT2D eigenvalue weighted by Crippen LogP contribution is -2.18. The average molecular weight is 433 g/mol. The van der Waals surface area contributed by atoms with Gasteiger partial charge >= 0.3 is 6.18 Å². The summed E-state index contributed by atoms with van der Waals surface area (Å²) >= 11 is 7.33. The predicted molar refractivity (Wildman–Crippen MR) is 105 cm³/mol. The third kappa shape index (κ3) is 5.78. The molecule has 0 aliphatic carbocycles. The molecule has 1 atom stereocenters. The molecule has 9 heteroatoms. The number of hydrogen-bond donors (Lipinski definition) is 1. The highest BCUT2D eigenvalue weighted by atomic mass is 35.5. The Bertz CT molecular complexity index is 846. The van der Waals surface area contributed by atoms with Crippen molar-refractivity contribution in [3.05, 3.63) is 46.6 Å². The smallest absolute Gasteiger partial charge is 0.418 e. The second kappa shape index (κ2) is 9.52. The molecule has 0 fully saturated rings. The van der Waals surface area contributed by atoms with Gasteiger partial charge in [-0.1, -0.05) is 25.4 Å². The molecule has 1 aromatic carbocycles. The number of aromatic nitrogens is 1. The first-order valence-corrected chi connectivity index (χ1v) is 9.90. The van der Waals surface area contributed by atoms with Crippen LogP contribution in [0.2, 0.25) is 5.02 Å². The predicted octanol–water partition coefficient (Wildman–Crippen LogP) is 6.30. The molecule has 1 N–H and O–H groups in total. The number of rotatable bonds is 7. The lowest BCUT2D eigenvalue weighted by molar-refractivity contribution is -0.137. The van der Waals surface area contributed by atoms with E-state index in [0.29, 0.717) is 11.5 Å². The number of ether oxygens (including phenoxy) is 1. The number of anilines is 1. The maximum Gasteiger partial charge on any atom is 0.418 e. The summed E-state index contributed by atoms with van der Waals surface area (Å²) in [5.41, 5.74) is -1.49. The zero-order chi connectivity index (χ0) is 20.9. The molecule has 0 aliphatic rings. The highest BCUT2D eigenvalue weighted by Crippen LogP contribution is 2.38. The molecule has 0 bridgehead atoms. The van der Waals surface area contributed by atoms with Crippen LogP contribution in [0.3, 0.4) is 0 Å². The molecule has 0 spiro atoms. The molecule has 1 amide bonds. The minimum atomic E-state index is -4.63. The maximum absolute atomic E-state index is 13.5. The number of alkyl halides is 3. The van der Waals surface area contributed by atoms with Crippen molar-refractivity contribution in [1.82, 2.24) is 4.98 Å². The fourth-order valence-corrected chi connectivity index (χ4v) is 3.40. The lowest BCUT2D eigenvalue weighted by atomic mass is 10.1. The molecule has 2 rings (SSSR count). The molecule has 0 radical (unpaired) electrons. The van der Waals surface area contributed by atoms with E-state index in [1.54, 1.807) is 13.0 Å². The normalized spacial score (nSPS) is 12.5. The van der Waals surface area contributed by atoms with Crippen LogP contribution in [-0.2, 0) is 6.18 Å². The zero-order valence-corrected chi connectivity index (χ0v) is 17.1. The summed E-state index contributed by atoms with van der Waals surface area (Å²) in [4.78, 5) is 16.9. The average Bonchev–Trinajstić information content (AvgIpc) is 2.63. The van der Waals surface area contributed by atoms with Crippen molar-refractivity contribution in [2.45, 2.75) is 43.5 Å². The van der Waals surface area contributed by atoms with Crippen molar-refractivity contribution in [2.24, 2.45) is 0 Å². The van der Waals surface area contributed by atoms with Gasteiger partial charge in [-0.05, 0) is 37.6 Å². The minimum Gasteiger partial charge on any atom is -0.478 e. The number of carbonyl (C=O) groups is 1. The Morgan fingerprint density at radius 3 is 2.61 bits per heavy atom. The first kappa shape index (κ1) is 22.4. The zero-order valence-electron chi connectivity index (χ0n) is 15.6. The maximum atomic E-state index is 13.5. The van der Waals surface area contributed by atoms with Crippen LogP contribution in [-0.4, -0.2) is 22.7 Å². The highest BCUT2D eigenvalue weighted by molar-refractivity contribution is 7.99. The Kier molecular flexibility index (Phi) is 7.60.